The Hall–Kier alpha value is -2.89. The molecule has 0 saturated carbocycles. The van der Waals surface area contributed by atoms with E-state index < -0.39 is 0 Å². The number of methoxy groups -OCH3 is 1. The Morgan fingerprint density at radius 3 is 2.96 bits per heavy atom. The molecule has 0 saturated heterocycles. The standard InChI is InChI=1S/C18H17N3O3/c1-11-6-7-14-16(22)15-17(20-9-8-19-15)21(18(14)24-11)12-4-3-5-13(10-12)23-2/h3-5,8-11H,6-7H2,1-2H3. The van der Waals surface area contributed by atoms with E-state index in [9.17, 15) is 4.79 Å². The summed E-state index contributed by atoms with van der Waals surface area (Å²) >= 11 is 0. The van der Waals surface area contributed by atoms with E-state index in [2.05, 4.69) is 9.97 Å². The lowest BCUT2D eigenvalue weighted by Gasteiger charge is -2.26. The lowest BCUT2D eigenvalue weighted by molar-refractivity contribution is 0.179. The molecule has 24 heavy (non-hydrogen) atoms. The molecule has 2 aromatic heterocycles. The molecule has 0 aliphatic carbocycles. The number of hydrogen-bond donors (Lipinski definition) is 0. The van der Waals surface area contributed by atoms with Gasteiger partial charge in [0.1, 0.15) is 5.75 Å². The molecular formula is C18H17N3O3. The van der Waals surface area contributed by atoms with Gasteiger partial charge in [0.25, 0.3) is 0 Å². The fourth-order valence-electron chi connectivity index (χ4n) is 3.06. The summed E-state index contributed by atoms with van der Waals surface area (Å²) in [4.78, 5) is 21.4. The summed E-state index contributed by atoms with van der Waals surface area (Å²) in [5.41, 5.74) is 2.23. The number of hydrogen-bond acceptors (Lipinski definition) is 5. The Balaban J connectivity index is 2.11. The van der Waals surface area contributed by atoms with Crippen LogP contribution in [0.4, 0.5) is 0 Å². The monoisotopic (exact) mass is 323 g/mol. The van der Waals surface area contributed by atoms with E-state index in [1.807, 2.05) is 35.8 Å². The van der Waals surface area contributed by atoms with Crippen LogP contribution in [-0.2, 0) is 6.42 Å². The van der Waals surface area contributed by atoms with E-state index in [1.54, 1.807) is 19.5 Å². The Morgan fingerprint density at radius 1 is 1.29 bits per heavy atom. The van der Waals surface area contributed by atoms with Crippen molar-refractivity contribution < 1.29 is 9.47 Å². The van der Waals surface area contributed by atoms with E-state index in [0.717, 1.165) is 17.9 Å². The number of rotatable bonds is 2. The van der Waals surface area contributed by atoms with E-state index >= 15 is 0 Å². The molecule has 0 spiro atoms. The number of nitrogens with zero attached hydrogens (tertiary/aromatic N) is 3. The highest BCUT2D eigenvalue weighted by atomic mass is 16.5. The average Bonchev–Trinajstić information content (AvgIpc) is 2.62. The summed E-state index contributed by atoms with van der Waals surface area (Å²) < 4.78 is 13.2. The lowest BCUT2D eigenvalue weighted by atomic mass is 10.0. The maximum atomic E-state index is 12.8. The van der Waals surface area contributed by atoms with Crippen LogP contribution in [0.25, 0.3) is 16.9 Å². The van der Waals surface area contributed by atoms with Crippen LogP contribution in [0.2, 0.25) is 0 Å². The number of pyridine rings is 1. The number of fused-ring (bicyclic) bond motifs is 2. The van der Waals surface area contributed by atoms with E-state index in [4.69, 9.17) is 9.47 Å². The van der Waals surface area contributed by atoms with E-state index in [0.29, 0.717) is 29.0 Å². The average molecular weight is 323 g/mol. The Bertz CT molecular complexity index is 981. The molecule has 0 amide bonds. The molecule has 0 N–H and O–H groups in total. The molecule has 1 aliphatic rings. The highest BCUT2D eigenvalue weighted by Crippen LogP contribution is 2.31. The van der Waals surface area contributed by atoms with Gasteiger partial charge in [0.05, 0.1) is 24.5 Å². The molecule has 3 aromatic rings. The topological polar surface area (TPSA) is 66.2 Å². The van der Waals surface area contributed by atoms with Crippen LogP contribution in [0.1, 0.15) is 18.9 Å². The maximum Gasteiger partial charge on any atom is 0.216 e. The third-order valence-electron chi connectivity index (χ3n) is 4.27. The van der Waals surface area contributed by atoms with Gasteiger partial charge >= 0.3 is 0 Å². The van der Waals surface area contributed by atoms with Gasteiger partial charge in [-0.1, -0.05) is 6.07 Å². The van der Waals surface area contributed by atoms with Crippen LogP contribution < -0.4 is 14.9 Å². The van der Waals surface area contributed by atoms with Crippen LogP contribution >= 0.6 is 0 Å². The Morgan fingerprint density at radius 2 is 2.12 bits per heavy atom. The molecule has 6 heteroatoms. The number of aromatic nitrogens is 3. The Labute approximate surface area is 138 Å². The zero-order valence-electron chi connectivity index (χ0n) is 13.5. The van der Waals surface area contributed by atoms with Gasteiger partial charge in [-0.25, -0.2) is 9.97 Å². The molecule has 0 bridgehead atoms. The van der Waals surface area contributed by atoms with Gasteiger partial charge in [0.15, 0.2) is 11.2 Å². The number of benzene rings is 1. The van der Waals surface area contributed by atoms with Crippen LogP contribution in [0, 0.1) is 0 Å². The van der Waals surface area contributed by atoms with E-state index in [1.165, 1.54) is 0 Å². The summed E-state index contributed by atoms with van der Waals surface area (Å²) in [5, 5.41) is 0. The van der Waals surface area contributed by atoms with Crippen LogP contribution in [0.3, 0.4) is 0 Å². The minimum Gasteiger partial charge on any atom is -0.497 e. The van der Waals surface area contributed by atoms with Crippen LogP contribution in [0.5, 0.6) is 11.6 Å². The predicted octanol–water partition coefficient (Wildman–Crippen LogP) is 2.50. The summed E-state index contributed by atoms with van der Waals surface area (Å²) in [6, 6.07) is 7.59. The largest absolute Gasteiger partial charge is 0.497 e. The third kappa shape index (κ3) is 2.22. The first-order valence-electron chi connectivity index (χ1n) is 7.88. The van der Waals surface area contributed by atoms with Gasteiger partial charge in [0, 0.05) is 18.5 Å². The third-order valence-corrected chi connectivity index (χ3v) is 4.27. The van der Waals surface area contributed by atoms with Crippen LogP contribution in [-0.4, -0.2) is 27.7 Å². The molecule has 4 rings (SSSR count). The second kappa shape index (κ2) is 5.63. The van der Waals surface area contributed by atoms with Gasteiger partial charge < -0.3 is 9.47 Å². The molecule has 1 aliphatic heterocycles. The second-order valence-corrected chi connectivity index (χ2v) is 5.85. The van der Waals surface area contributed by atoms with Gasteiger partial charge in [-0.3, -0.25) is 9.36 Å². The summed E-state index contributed by atoms with van der Waals surface area (Å²) in [6.45, 7) is 2.00. The molecule has 0 radical (unpaired) electrons. The zero-order valence-corrected chi connectivity index (χ0v) is 13.5. The molecule has 1 unspecified atom stereocenters. The second-order valence-electron chi connectivity index (χ2n) is 5.85. The zero-order chi connectivity index (χ0) is 16.7. The fraction of sp³-hybridized carbons (Fsp3) is 0.278. The Kier molecular flexibility index (Phi) is 3.45. The van der Waals surface area contributed by atoms with Crippen molar-refractivity contribution in [3.05, 3.63) is 52.4 Å². The summed E-state index contributed by atoms with van der Waals surface area (Å²) in [7, 11) is 1.62. The van der Waals surface area contributed by atoms with Crippen LogP contribution in [0.15, 0.2) is 41.5 Å². The first-order valence-corrected chi connectivity index (χ1v) is 7.88. The fourth-order valence-corrected chi connectivity index (χ4v) is 3.06. The molecule has 3 heterocycles. The smallest absolute Gasteiger partial charge is 0.216 e. The van der Waals surface area contributed by atoms with Crippen molar-refractivity contribution in [3.8, 4) is 17.3 Å². The van der Waals surface area contributed by atoms with Crippen molar-refractivity contribution in [2.75, 3.05) is 7.11 Å². The summed E-state index contributed by atoms with van der Waals surface area (Å²) in [5.74, 6) is 1.28. The van der Waals surface area contributed by atoms with Crippen molar-refractivity contribution in [2.24, 2.45) is 0 Å². The van der Waals surface area contributed by atoms with E-state index in [-0.39, 0.29) is 11.5 Å². The highest BCUT2D eigenvalue weighted by Gasteiger charge is 2.26. The maximum absolute atomic E-state index is 12.8. The highest BCUT2D eigenvalue weighted by molar-refractivity contribution is 5.75. The predicted molar refractivity (Wildman–Crippen MR) is 90.1 cm³/mol. The number of ether oxygens (including phenoxy) is 2. The van der Waals surface area contributed by atoms with Crippen molar-refractivity contribution in [2.45, 2.75) is 25.9 Å². The lowest BCUT2D eigenvalue weighted by Crippen LogP contribution is -2.28. The van der Waals surface area contributed by atoms with Crippen molar-refractivity contribution >= 4 is 11.2 Å². The minimum absolute atomic E-state index is 0.0443. The molecular weight excluding hydrogens is 306 g/mol. The summed E-state index contributed by atoms with van der Waals surface area (Å²) in [6.07, 6.45) is 4.65. The van der Waals surface area contributed by atoms with Gasteiger partial charge in [-0.2, -0.15) is 0 Å². The quantitative estimate of drug-likeness (QED) is 0.725. The molecule has 1 atom stereocenters. The van der Waals surface area contributed by atoms with Crippen molar-refractivity contribution in [1.29, 1.82) is 0 Å². The minimum atomic E-state index is -0.0980. The molecule has 6 nitrogen and oxygen atoms in total. The van der Waals surface area contributed by atoms with Gasteiger partial charge in [0.2, 0.25) is 11.3 Å². The van der Waals surface area contributed by atoms with Crippen molar-refractivity contribution in [1.82, 2.24) is 14.5 Å². The molecule has 1 aromatic carbocycles. The first kappa shape index (κ1) is 14.7. The van der Waals surface area contributed by atoms with Crippen molar-refractivity contribution in [3.63, 3.8) is 0 Å². The first-order chi connectivity index (χ1) is 11.7. The SMILES string of the molecule is COc1cccc(-n2c3c(c(=O)c4nccnc42)CCC(C)O3)c1. The van der Waals surface area contributed by atoms with Gasteiger partial charge in [-0.15, -0.1) is 0 Å². The van der Waals surface area contributed by atoms with Gasteiger partial charge in [-0.05, 0) is 31.9 Å². The molecule has 0 fully saturated rings. The molecule has 122 valence electrons. The normalized spacial score (nSPS) is 16.5.